The van der Waals surface area contributed by atoms with Crippen molar-refractivity contribution in [3.05, 3.63) is 29.8 Å². The van der Waals surface area contributed by atoms with Crippen LogP contribution >= 0.6 is 0 Å². The molecule has 1 aliphatic heterocycles. The van der Waals surface area contributed by atoms with E-state index < -0.39 is 0 Å². The molecule has 0 saturated carbocycles. The molecule has 1 aromatic carbocycles. The van der Waals surface area contributed by atoms with Gasteiger partial charge in [0.1, 0.15) is 5.75 Å². The van der Waals surface area contributed by atoms with Gasteiger partial charge in [-0.1, -0.05) is 0 Å². The largest absolute Gasteiger partial charge is 0.497 e. The summed E-state index contributed by atoms with van der Waals surface area (Å²) in [6.45, 7) is 5.28. The molecule has 1 heterocycles. The number of hydrogen-bond donors (Lipinski definition) is 0. The number of methoxy groups -OCH3 is 1. The molecule has 1 amide bonds. The third-order valence-electron chi connectivity index (χ3n) is 3.04. The summed E-state index contributed by atoms with van der Waals surface area (Å²) in [6, 6.07) is 7.21. The number of rotatable bonds is 2. The number of amides is 1. The van der Waals surface area contributed by atoms with Crippen LogP contribution in [0.4, 0.5) is 0 Å². The molecule has 1 fully saturated rings. The van der Waals surface area contributed by atoms with Gasteiger partial charge in [-0.25, -0.2) is 0 Å². The van der Waals surface area contributed by atoms with Crippen LogP contribution in [0.5, 0.6) is 5.75 Å². The minimum Gasteiger partial charge on any atom is -0.497 e. The fraction of sp³-hybridized carbons (Fsp3) is 0.500. The smallest absolute Gasteiger partial charge is 0.254 e. The van der Waals surface area contributed by atoms with Crippen molar-refractivity contribution in [3.63, 3.8) is 0 Å². The van der Waals surface area contributed by atoms with Gasteiger partial charge in [-0.2, -0.15) is 0 Å². The first-order valence-electron chi connectivity index (χ1n) is 6.19. The summed E-state index contributed by atoms with van der Waals surface area (Å²) in [5.74, 6) is 0.815. The molecule has 18 heavy (non-hydrogen) atoms. The second-order valence-corrected chi connectivity index (χ2v) is 4.70. The number of nitrogens with zero attached hydrogens (tertiary/aromatic N) is 1. The minimum atomic E-state index is 0.0552. The molecular formula is C14H19NO3. The lowest BCUT2D eigenvalue weighted by Crippen LogP contribution is -2.48. The van der Waals surface area contributed by atoms with Crippen LogP contribution in [0.25, 0.3) is 0 Å². The van der Waals surface area contributed by atoms with E-state index in [4.69, 9.17) is 9.47 Å². The molecule has 4 heteroatoms. The highest BCUT2D eigenvalue weighted by molar-refractivity contribution is 5.94. The van der Waals surface area contributed by atoms with Gasteiger partial charge >= 0.3 is 0 Å². The van der Waals surface area contributed by atoms with Gasteiger partial charge in [-0.05, 0) is 38.1 Å². The molecule has 4 nitrogen and oxygen atoms in total. The second kappa shape index (κ2) is 5.40. The summed E-state index contributed by atoms with van der Waals surface area (Å²) in [6.07, 6.45) is 0.187. The van der Waals surface area contributed by atoms with Crippen molar-refractivity contribution >= 4 is 5.91 Å². The van der Waals surface area contributed by atoms with Gasteiger partial charge in [0, 0.05) is 18.7 Å². The summed E-state index contributed by atoms with van der Waals surface area (Å²) in [7, 11) is 1.61. The molecule has 0 radical (unpaired) electrons. The topological polar surface area (TPSA) is 38.8 Å². The van der Waals surface area contributed by atoms with Gasteiger partial charge in [0.2, 0.25) is 0 Å². The van der Waals surface area contributed by atoms with E-state index in [1.54, 1.807) is 31.4 Å². The summed E-state index contributed by atoms with van der Waals surface area (Å²) >= 11 is 0. The summed E-state index contributed by atoms with van der Waals surface area (Å²) < 4.78 is 10.7. The van der Waals surface area contributed by atoms with Crippen LogP contribution in [-0.2, 0) is 4.74 Å². The highest BCUT2D eigenvalue weighted by Gasteiger charge is 2.26. The SMILES string of the molecule is COc1ccc(C(=O)N2C[C@@H](C)O[C@H](C)C2)cc1. The zero-order valence-electron chi connectivity index (χ0n) is 11.1. The summed E-state index contributed by atoms with van der Waals surface area (Å²) in [4.78, 5) is 14.2. The van der Waals surface area contributed by atoms with E-state index in [0.717, 1.165) is 5.75 Å². The van der Waals surface area contributed by atoms with Gasteiger partial charge in [-0.15, -0.1) is 0 Å². The molecule has 0 spiro atoms. The fourth-order valence-electron chi connectivity index (χ4n) is 2.26. The highest BCUT2D eigenvalue weighted by Crippen LogP contribution is 2.16. The molecule has 0 aromatic heterocycles. The standard InChI is InChI=1S/C14H19NO3/c1-10-8-15(9-11(2)18-10)14(16)12-4-6-13(17-3)7-5-12/h4-7,10-11H,8-9H2,1-3H3/t10-,11-/m1/s1. The van der Waals surface area contributed by atoms with E-state index in [1.807, 2.05) is 18.7 Å². The Morgan fingerprint density at radius 3 is 2.28 bits per heavy atom. The van der Waals surface area contributed by atoms with Gasteiger partial charge in [0.15, 0.2) is 0 Å². The van der Waals surface area contributed by atoms with Crippen molar-refractivity contribution in [2.24, 2.45) is 0 Å². The number of morpholine rings is 1. The number of hydrogen-bond acceptors (Lipinski definition) is 3. The van der Waals surface area contributed by atoms with E-state index in [2.05, 4.69) is 0 Å². The quantitative estimate of drug-likeness (QED) is 0.804. The number of carbonyl (C=O) groups excluding carboxylic acids is 1. The molecule has 1 saturated heterocycles. The lowest BCUT2D eigenvalue weighted by atomic mass is 10.1. The van der Waals surface area contributed by atoms with Crippen LogP contribution in [0.1, 0.15) is 24.2 Å². The van der Waals surface area contributed by atoms with Crippen molar-refractivity contribution in [2.75, 3.05) is 20.2 Å². The first-order valence-corrected chi connectivity index (χ1v) is 6.19. The third-order valence-corrected chi connectivity index (χ3v) is 3.04. The maximum Gasteiger partial charge on any atom is 0.254 e. The Kier molecular flexibility index (Phi) is 3.87. The van der Waals surface area contributed by atoms with Crippen LogP contribution in [0.15, 0.2) is 24.3 Å². The Hall–Kier alpha value is -1.55. The lowest BCUT2D eigenvalue weighted by Gasteiger charge is -2.35. The van der Waals surface area contributed by atoms with E-state index in [0.29, 0.717) is 18.7 Å². The van der Waals surface area contributed by atoms with Crippen LogP contribution in [0.3, 0.4) is 0 Å². The predicted octanol–water partition coefficient (Wildman–Crippen LogP) is 1.94. The average molecular weight is 249 g/mol. The summed E-state index contributed by atoms with van der Waals surface area (Å²) in [5.41, 5.74) is 0.692. The normalized spacial score (nSPS) is 23.8. The van der Waals surface area contributed by atoms with Crippen LogP contribution < -0.4 is 4.74 Å². The Labute approximate surface area is 107 Å². The van der Waals surface area contributed by atoms with Gasteiger partial charge in [0.05, 0.1) is 19.3 Å². The Bertz CT molecular complexity index is 406. The average Bonchev–Trinajstić information content (AvgIpc) is 2.37. The lowest BCUT2D eigenvalue weighted by molar-refractivity contribution is -0.0586. The van der Waals surface area contributed by atoms with Crippen LogP contribution in [0, 0.1) is 0 Å². The minimum absolute atomic E-state index is 0.0552. The van der Waals surface area contributed by atoms with Gasteiger partial charge in [0.25, 0.3) is 5.91 Å². The van der Waals surface area contributed by atoms with Crippen molar-refractivity contribution < 1.29 is 14.3 Å². The van der Waals surface area contributed by atoms with Gasteiger partial charge in [-0.3, -0.25) is 4.79 Å². The van der Waals surface area contributed by atoms with Crippen LogP contribution in [0.2, 0.25) is 0 Å². The van der Waals surface area contributed by atoms with E-state index in [1.165, 1.54) is 0 Å². The monoisotopic (exact) mass is 249 g/mol. The molecule has 98 valence electrons. The molecule has 0 N–H and O–H groups in total. The summed E-state index contributed by atoms with van der Waals surface area (Å²) in [5, 5.41) is 0. The number of benzene rings is 1. The molecule has 2 rings (SSSR count). The molecule has 0 bridgehead atoms. The second-order valence-electron chi connectivity index (χ2n) is 4.70. The van der Waals surface area contributed by atoms with Crippen molar-refractivity contribution in [1.29, 1.82) is 0 Å². The maximum atomic E-state index is 12.3. The Morgan fingerprint density at radius 1 is 1.22 bits per heavy atom. The van der Waals surface area contributed by atoms with Gasteiger partial charge < -0.3 is 14.4 Å². The molecular weight excluding hydrogens is 230 g/mol. The highest BCUT2D eigenvalue weighted by atomic mass is 16.5. The zero-order chi connectivity index (χ0) is 13.1. The molecule has 0 unspecified atom stereocenters. The van der Waals surface area contributed by atoms with Crippen molar-refractivity contribution in [1.82, 2.24) is 4.90 Å². The third kappa shape index (κ3) is 2.82. The molecule has 2 atom stereocenters. The molecule has 1 aliphatic rings. The predicted molar refractivity (Wildman–Crippen MR) is 68.9 cm³/mol. The first-order chi connectivity index (χ1) is 8.60. The maximum absolute atomic E-state index is 12.3. The first kappa shape index (κ1) is 12.9. The van der Waals surface area contributed by atoms with E-state index in [-0.39, 0.29) is 18.1 Å². The van der Waals surface area contributed by atoms with E-state index >= 15 is 0 Å². The number of ether oxygens (including phenoxy) is 2. The molecule has 0 aliphatic carbocycles. The molecule has 1 aromatic rings. The van der Waals surface area contributed by atoms with E-state index in [9.17, 15) is 4.79 Å². The van der Waals surface area contributed by atoms with Crippen molar-refractivity contribution in [2.45, 2.75) is 26.1 Å². The number of carbonyl (C=O) groups is 1. The Balaban J connectivity index is 2.09. The van der Waals surface area contributed by atoms with Crippen molar-refractivity contribution in [3.8, 4) is 5.75 Å². The van der Waals surface area contributed by atoms with Crippen LogP contribution in [-0.4, -0.2) is 43.2 Å². The fourth-order valence-corrected chi connectivity index (χ4v) is 2.26. The Morgan fingerprint density at radius 2 is 1.78 bits per heavy atom. The zero-order valence-corrected chi connectivity index (χ0v) is 11.1.